The first-order valence-corrected chi connectivity index (χ1v) is 10.0. The Balaban J connectivity index is 1.56. The van der Waals surface area contributed by atoms with E-state index >= 15 is 0 Å². The number of nitrogens with one attached hydrogen (secondary N) is 3. The average molecular weight is 374 g/mol. The SMILES string of the molecule is Cc1nc2c(c(C)c1CC(=O)NCCNC1CCCCCC1)c(=O)[nH]n2C. The number of H-pyrrole nitrogens is 1. The van der Waals surface area contributed by atoms with Crippen molar-refractivity contribution < 1.29 is 4.79 Å². The van der Waals surface area contributed by atoms with E-state index in [1.165, 1.54) is 38.5 Å². The standard InChI is InChI=1S/C20H31N5O2/c1-13-16(14(2)23-19-18(13)20(27)24-25(19)3)12-17(26)22-11-10-21-15-8-6-4-5-7-9-15/h15,21H,4-12H2,1-3H3,(H,22,26)(H,24,27). The monoisotopic (exact) mass is 373 g/mol. The lowest BCUT2D eigenvalue weighted by atomic mass is 10.0. The van der Waals surface area contributed by atoms with E-state index in [-0.39, 0.29) is 17.9 Å². The van der Waals surface area contributed by atoms with Gasteiger partial charge in [0.05, 0.1) is 11.8 Å². The highest BCUT2D eigenvalue weighted by atomic mass is 16.1. The largest absolute Gasteiger partial charge is 0.355 e. The number of amides is 1. The summed E-state index contributed by atoms with van der Waals surface area (Å²) >= 11 is 0. The summed E-state index contributed by atoms with van der Waals surface area (Å²) in [7, 11) is 1.77. The van der Waals surface area contributed by atoms with Crippen molar-refractivity contribution in [2.24, 2.45) is 7.05 Å². The number of rotatable bonds is 6. The Kier molecular flexibility index (Phi) is 6.31. The van der Waals surface area contributed by atoms with Crippen molar-refractivity contribution in [2.75, 3.05) is 13.1 Å². The van der Waals surface area contributed by atoms with Gasteiger partial charge in [-0.3, -0.25) is 19.4 Å². The number of carbonyl (C=O) groups excluding carboxylic acids is 1. The van der Waals surface area contributed by atoms with Gasteiger partial charge in [-0.2, -0.15) is 0 Å². The van der Waals surface area contributed by atoms with Crippen molar-refractivity contribution in [3.8, 4) is 0 Å². The van der Waals surface area contributed by atoms with E-state index in [0.29, 0.717) is 23.6 Å². The van der Waals surface area contributed by atoms with Crippen molar-refractivity contribution in [3.63, 3.8) is 0 Å². The maximum Gasteiger partial charge on any atom is 0.273 e. The first kappa shape index (κ1) is 19.6. The van der Waals surface area contributed by atoms with Gasteiger partial charge in [0.25, 0.3) is 5.56 Å². The van der Waals surface area contributed by atoms with Crippen LogP contribution in [-0.2, 0) is 18.3 Å². The van der Waals surface area contributed by atoms with Crippen LogP contribution in [0.15, 0.2) is 4.79 Å². The van der Waals surface area contributed by atoms with Gasteiger partial charge in [0, 0.05) is 31.9 Å². The highest BCUT2D eigenvalue weighted by Gasteiger charge is 2.17. The zero-order chi connectivity index (χ0) is 19.4. The number of nitrogens with zero attached hydrogens (tertiary/aromatic N) is 2. The molecule has 0 aliphatic heterocycles. The molecule has 148 valence electrons. The number of pyridine rings is 1. The number of carbonyl (C=O) groups is 1. The minimum Gasteiger partial charge on any atom is -0.355 e. The van der Waals surface area contributed by atoms with Gasteiger partial charge in [-0.05, 0) is 37.8 Å². The van der Waals surface area contributed by atoms with Crippen molar-refractivity contribution in [3.05, 3.63) is 27.2 Å². The zero-order valence-corrected chi connectivity index (χ0v) is 16.7. The fraction of sp³-hybridized carbons (Fsp3) is 0.650. The van der Waals surface area contributed by atoms with Gasteiger partial charge in [0.15, 0.2) is 5.65 Å². The number of hydrogen-bond acceptors (Lipinski definition) is 4. The molecule has 0 aromatic carbocycles. The summed E-state index contributed by atoms with van der Waals surface area (Å²) in [6.45, 7) is 5.20. The van der Waals surface area contributed by atoms with Crippen LogP contribution in [0.2, 0.25) is 0 Å². The maximum absolute atomic E-state index is 12.4. The number of aromatic amines is 1. The van der Waals surface area contributed by atoms with Crippen molar-refractivity contribution in [2.45, 2.75) is 64.8 Å². The van der Waals surface area contributed by atoms with Gasteiger partial charge < -0.3 is 10.6 Å². The van der Waals surface area contributed by atoms with Crippen LogP contribution >= 0.6 is 0 Å². The van der Waals surface area contributed by atoms with Gasteiger partial charge in [-0.1, -0.05) is 25.7 Å². The Labute approximate surface area is 159 Å². The highest BCUT2D eigenvalue weighted by molar-refractivity contribution is 5.84. The van der Waals surface area contributed by atoms with E-state index in [4.69, 9.17) is 0 Å². The first-order valence-electron chi connectivity index (χ1n) is 10.0. The Morgan fingerprint density at radius 1 is 1.19 bits per heavy atom. The van der Waals surface area contributed by atoms with Crippen LogP contribution in [-0.4, -0.2) is 39.8 Å². The molecule has 0 saturated heterocycles. The molecule has 1 aliphatic carbocycles. The molecule has 1 saturated carbocycles. The lowest BCUT2D eigenvalue weighted by Gasteiger charge is -2.16. The topological polar surface area (TPSA) is 91.8 Å². The Bertz CT molecular complexity index is 859. The molecule has 0 spiro atoms. The molecule has 27 heavy (non-hydrogen) atoms. The lowest BCUT2D eigenvalue weighted by Crippen LogP contribution is -2.37. The van der Waals surface area contributed by atoms with Crippen molar-refractivity contribution >= 4 is 16.9 Å². The van der Waals surface area contributed by atoms with Crippen molar-refractivity contribution in [1.82, 2.24) is 25.4 Å². The molecule has 3 N–H and O–H groups in total. The van der Waals surface area contributed by atoms with Crippen LogP contribution in [0.5, 0.6) is 0 Å². The Morgan fingerprint density at radius 2 is 1.89 bits per heavy atom. The van der Waals surface area contributed by atoms with E-state index in [0.717, 1.165) is 23.4 Å². The van der Waals surface area contributed by atoms with Crippen LogP contribution in [0, 0.1) is 13.8 Å². The van der Waals surface area contributed by atoms with Gasteiger partial charge in [0.2, 0.25) is 5.91 Å². The van der Waals surface area contributed by atoms with Gasteiger partial charge in [0.1, 0.15) is 0 Å². The molecular weight excluding hydrogens is 342 g/mol. The summed E-state index contributed by atoms with van der Waals surface area (Å²) in [4.78, 5) is 29.0. The summed E-state index contributed by atoms with van der Waals surface area (Å²) in [6.07, 6.45) is 8.02. The third-order valence-electron chi connectivity index (χ3n) is 5.65. The van der Waals surface area contributed by atoms with E-state index in [1.807, 2.05) is 13.8 Å². The number of aromatic nitrogens is 3. The molecule has 2 aromatic heterocycles. The van der Waals surface area contributed by atoms with E-state index in [9.17, 15) is 9.59 Å². The van der Waals surface area contributed by atoms with Gasteiger partial charge >= 0.3 is 0 Å². The highest BCUT2D eigenvalue weighted by Crippen LogP contribution is 2.20. The van der Waals surface area contributed by atoms with Gasteiger partial charge in [-0.15, -0.1) is 0 Å². The second-order valence-corrected chi connectivity index (χ2v) is 7.67. The molecule has 0 bridgehead atoms. The molecule has 2 heterocycles. The predicted octanol–water partition coefficient (Wildman–Crippen LogP) is 1.85. The quantitative estimate of drug-likeness (QED) is 0.532. The van der Waals surface area contributed by atoms with Crippen molar-refractivity contribution in [1.29, 1.82) is 0 Å². The van der Waals surface area contributed by atoms with E-state index in [1.54, 1.807) is 11.7 Å². The molecule has 0 unspecified atom stereocenters. The van der Waals surface area contributed by atoms with E-state index < -0.39 is 0 Å². The molecule has 0 atom stereocenters. The Morgan fingerprint density at radius 3 is 2.59 bits per heavy atom. The summed E-state index contributed by atoms with van der Waals surface area (Å²) < 4.78 is 1.63. The molecule has 2 aromatic rings. The lowest BCUT2D eigenvalue weighted by molar-refractivity contribution is -0.120. The van der Waals surface area contributed by atoms with Crippen LogP contribution in [0.1, 0.15) is 55.3 Å². The number of fused-ring (bicyclic) bond motifs is 1. The molecule has 1 amide bonds. The summed E-state index contributed by atoms with van der Waals surface area (Å²) in [5.74, 6) is -0.0302. The normalized spacial score (nSPS) is 15.8. The second-order valence-electron chi connectivity index (χ2n) is 7.67. The predicted molar refractivity (Wildman–Crippen MR) is 107 cm³/mol. The second kappa shape index (κ2) is 8.69. The molecule has 0 radical (unpaired) electrons. The minimum absolute atomic E-state index is 0.0302. The number of hydrogen-bond donors (Lipinski definition) is 3. The van der Waals surface area contributed by atoms with Crippen LogP contribution < -0.4 is 16.2 Å². The molecule has 3 rings (SSSR count). The van der Waals surface area contributed by atoms with Crippen LogP contribution in [0.3, 0.4) is 0 Å². The van der Waals surface area contributed by atoms with Gasteiger partial charge in [-0.25, -0.2) is 4.98 Å². The van der Waals surface area contributed by atoms with E-state index in [2.05, 4.69) is 20.7 Å². The molecule has 7 nitrogen and oxygen atoms in total. The molecule has 1 fully saturated rings. The average Bonchev–Trinajstić information content (AvgIpc) is 2.81. The molecular formula is C20H31N5O2. The number of aryl methyl sites for hydroxylation is 3. The zero-order valence-electron chi connectivity index (χ0n) is 16.7. The minimum atomic E-state index is -0.160. The fourth-order valence-electron chi connectivity index (χ4n) is 4.09. The fourth-order valence-corrected chi connectivity index (χ4v) is 4.09. The third-order valence-corrected chi connectivity index (χ3v) is 5.65. The van der Waals surface area contributed by atoms with Crippen LogP contribution in [0.4, 0.5) is 0 Å². The Hall–Kier alpha value is -2.15. The summed E-state index contributed by atoms with van der Waals surface area (Å²) in [6, 6.07) is 0.588. The third kappa shape index (κ3) is 4.58. The van der Waals surface area contributed by atoms with Crippen LogP contribution in [0.25, 0.3) is 11.0 Å². The summed E-state index contributed by atoms with van der Waals surface area (Å²) in [5, 5.41) is 9.85. The molecule has 7 heteroatoms. The smallest absolute Gasteiger partial charge is 0.273 e. The summed E-state index contributed by atoms with van der Waals surface area (Å²) in [5.41, 5.74) is 2.94. The first-order chi connectivity index (χ1) is 13.0. The maximum atomic E-state index is 12.4. The molecule has 1 aliphatic rings.